The number of fused-ring (bicyclic) bond motifs is 1. The van der Waals surface area contributed by atoms with Crippen LogP contribution in [-0.2, 0) is 0 Å². The lowest BCUT2D eigenvalue weighted by Gasteiger charge is -2.17. The van der Waals surface area contributed by atoms with Crippen molar-refractivity contribution in [1.82, 2.24) is 4.98 Å². The maximum Gasteiger partial charge on any atom is 0.143 e. The fourth-order valence-corrected chi connectivity index (χ4v) is 3.63. The first-order chi connectivity index (χ1) is 9.97. The first-order valence-corrected chi connectivity index (χ1v) is 8.04. The molecule has 0 saturated heterocycles. The molecule has 2 unspecified atom stereocenters. The van der Waals surface area contributed by atoms with E-state index in [0.717, 1.165) is 22.1 Å². The highest BCUT2D eigenvalue weighted by molar-refractivity contribution is 9.10. The molecule has 0 fully saturated rings. The van der Waals surface area contributed by atoms with Crippen LogP contribution >= 0.6 is 27.5 Å². The number of phenols is 1. The van der Waals surface area contributed by atoms with Crippen LogP contribution in [0.25, 0.3) is 0 Å². The molecule has 1 aromatic heterocycles. The zero-order valence-corrected chi connectivity index (χ0v) is 14.2. The summed E-state index contributed by atoms with van der Waals surface area (Å²) in [5.41, 5.74) is 4.38. The van der Waals surface area contributed by atoms with Crippen LogP contribution in [0.3, 0.4) is 0 Å². The molecular weight excluding hydrogens is 352 g/mol. The van der Waals surface area contributed by atoms with Crippen LogP contribution < -0.4 is 5.32 Å². The number of aromatic hydroxyl groups is 1. The molecule has 21 heavy (non-hydrogen) atoms. The molecule has 1 aliphatic carbocycles. The van der Waals surface area contributed by atoms with Gasteiger partial charge in [-0.25, -0.2) is 4.98 Å². The van der Waals surface area contributed by atoms with Gasteiger partial charge in [0.15, 0.2) is 0 Å². The predicted molar refractivity (Wildman–Crippen MR) is 89.2 cm³/mol. The van der Waals surface area contributed by atoms with Gasteiger partial charge in [-0.05, 0) is 58.5 Å². The molecule has 5 heteroatoms. The Kier molecular flexibility index (Phi) is 3.84. The molecule has 0 amide bonds. The molecule has 0 spiro atoms. The number of hydrogen-bond donors (Lipinski definition) is 2. The van der Waals surface area contributed by atoms with Crippen LogP contribution in [0.1, 0.15) is 42.0 Å². The van der Waals surface area contributed by atoms with Gasteiger partial charge in [0.2, 0.25) is 0 Å². The molecule has 0 aliphatic heterocycles. The number of pyridine rings is 1. The lowest BCUT2D eigenvalue weighted by Crippen LogP contribution is -2.08. The molecule has 0 radical (unpaired) electrons. The lowest BCUT2D eigenvalue weighted by atomic mass is 9.97. The quantitative estimate of drug-likeness (QED) is 0.720. The summed E-state index contributed by atoms with van der Waals surface area (Å²) < 4.78 is 0.758. The number of aryl methyl sites for hydroxylation is 1. The third kappa shape index (κ3) is 2.62. The van der Waals surface area contributed by atoms with Gasteiger partial charge in [-0.3, -0.25) is 0 Å². The first kappa shape index (κ1) is 14.7. The smallest absolute Gasteiger partial charge is 0.143 e. The maximum atomic E-state index is 10.2. The topological polar surface area (TPSA) is 45.1 Å². The largest absolute Gasteiger partial charge is 0.508 e. The monoisotopic (exact) mass is 366 g/mol. The standard InChI is InChI=1S/C16H16BrClN2O/c1-8-3-4-13(21)15-12(5-9(2)14(8)15)20-10-6-11(17)16(18)19-7-10/h3-4,6-7,9,12,20-21H,5H2,1-2H3. The molecule has 2 atom stereocenters. The molecule has 0 bridgehead atoms. The van der Waals surface area contributed by atoms with Crippen molar-refractivity contribution >= 4 is 33.2 Å². The normalized spacial score (nSPS) is 20.4. The van der Waals surface area contributed by atoms with E-state index in [1.807, 2.05) is 12.1 Å². The second-order valence-corrected chi connectivity index (χ2v) is 6.77. The van der Waals surface area contributed by atoms with Crippen molar-refractivity contribution in [2.75, 3.05) is 5.32 Å². The number of halogens is 2. The van der Waals surface area contributed by atoms with Crippen LogP contribution in [0.15, 0.2) is 28.9 Å². The molecule has 1 heterocycles. The summed E-state index contributed by atoms with van der Waals surface area (Å²) in [6.07, 6.45) is 2.66. The van der Waals surface area contributed by atoms with Gasteiger partial charge >= 0.3 is 0 Å². The van der Waals surface area contributed by atoms with Crippen LogP contribution in [0.5, 0.6) is 5.75 Å². The van der Waals surface area contributed by atoms with Crippen molar-refractivity contribution in [3.63, 3.8) is 0 Å². The van der Waals surface area contributed by atoms with E-state index in [4.69, 9.17) is 11.6 Å². The van der Waals surface area contributed by atoms with E-state index in [0.29, 0.717) is 16.8 Å². The van der Waals surface area contributed by atoms with Crippen LogP contribution in [0.2, 0.25) is 5.15 Å². The van der Waals surface area contributed by atoms with Crippen molar-refractivity contribution in [2.24, 2.45) is 0 Å². The number of rotatable bonds is 2. The second-order valence-electron chi connectivity index (χ2n) is 5.56. The molecule has 1 aromatic carbocycles. The number of benzene rings is 1. The number of anilines is 1. The molecular formula is C16H16BrClN2O. The van der Waals surface area contributed by atoms with Crippen molar-refractivity contribution in [1.29, 1.82) is 0 Å². The zero-order chi connectivity index (χ0) is 15.1. The van der Waals surface area contributed by atoms with Crippen LogP contribution in [-0.4, -0.2) is 10.1 Å². The fourth-order valence-electron chi connectivity index (χ4n) is 3.18. The van der Waals surface area contributed by atoms with E-state index in [-0.39, 0.29) is 6.04 Å². The highest BCUT2D eigenvalue weighted by Gasteiger charge is 2.32. The summed E-state index contributed by atoms with van der Waals surface area (Å²) in [5, 5.41) is 14.1. The molecule has 1 aliphatic rings. The molecule has 2 N–H and O–H groups in total. The summed E-state index contributed by atoms with van der Waals surface area (Å²) in [6, 6.07) is 5.75. The van der Waals surface area contributed by atoms with Gasteiger partial charge in [0.1, 0.15) is 10.9 Å². The summed E-state index contributed by atoms with van der Waals surface area (Å²) in [5.74, 6) is 0.784. The van der Waals surface area contributed by atoms with Gasteiger partial charge in [-0.15, -0.1) is 0 Å². The van der Waals surface area contributed by atoms with Gasteiger partial charge in [0.25, 0.3) is 0 Å². The molecule has 3 nitrogen and oxygen atoms in total. The van der Waals surface area contributed by atoms with Gasteiger partial charge in [0.05, 0.1) is 22.4 Å². The molecule has 110 valence electrons. The highest BCUT2D eigenvalue weighted by atomic mass is 79.9. The average molecular weight is 368 g/mol. The first-order valence-electron chi connectivity index (χ1n) is 6.87. The van der Waals surface area contributed by atoms with E-state index in [2.05, 4.69) is 40.1 Å². The average Bonchev–Trinajstić information content (AvgIpc) is 2.76. The Morgan fingerprint density at radius 2 is 2.14 bits per heavy atom. The Hall–Kier alpha value is -1.26. The van der Waals surface area contributed by atoms with E-state index >= 15 is 0 Å². The number of aromatic nitrogens is 1. The number of phenolic OH excluding ortho intramolecular Hbond substituents is 1. The Morgan fingerprint density at radius 1 is 1.38 bits per heavy atom. The molecule has 2 aromatic rings. The Balaban J connectivity index is 1.96. The number of nitrogens with zero attached hydrogens (tertiary/aromatic N) is 1. The maximum absolute atomic E-state index is 10.2. The number of hydrogen-bond acceptors (Lipinski definition) is 3. The molecule has 0 saturated carbocycles. The third-order valence-corrected chi connectivity index (χ3v) is 5.18. The van der Waals surface area contributed by atoms with Gasteiger partial charge in [-0.1, -0.05) is 24.6 Å². The van der Waals surface area contributed by atoms with Crippen molar-refractivity contribution < 1.29 is 5.11 Å². The van der Waals surface area contributed by atoms with E-state index < -0.39 is 0 Å². The lowest BCUT2D eigenvalue weighted by molar-refractivity contribution is 0.465. The minimum Gasteiger partial charge on any atom is -0.508 e. The van der Waals surface area contributed by atoms with Gasteiger partial charge in [0, 0.05) is 5.56 Å². The number of nitrogens with one attached hydrogen (secondary N) is 1. The SMILES string of the molecule is Cc1ccc(O)c2c1C(C)CC2Nc1cnc(Cl)c(Br)c1. The van der Waals surface area contributed by atoms with E-state index in [1.54, 1.807) is 12.3 Å². The summed E-state index contributed by atoms with van der Waals surface area (Å²) >= 11 is 9.30. The van der Waals surface area contributed by atoms with E-state index in [9.17, 15) is 5.11 Å². The highest BCUT2D eigenvalue weighted by Crippen LogP contribution is 2.47. The summed E-state index contributed by atoms with van der Waals surface area (Å²) in [7, 11) is 0. The molecule has 3 rings (SSSR count). The van der Waals surface area contributed by atoms with E-state index in [1.165, 1.54) is 11.1 Å². The van der Waals surface area contributed by atoms with Crippen molar-refractivity contribution in [2.45, 2.75) is 32.2 Å². The van der Waals surface area contributed by atoms with Crippen molar-refractivity contribution in [3.8, 4) is 5.75 Å². The summed E-state index contributed by atoms with van der Waals surface area (Å²) in [4.78, 5) is 4.13. The van der Waals surface area contributed by atoms with Gasteiger partial charge < -0.3 is 10.4 Å². The van der Waals surface area contributed by atoms with Gasteiger partial charge in [-0.2, -0.15) is 0 Å². The second kappa shape index (κ2) is 5.50. The van der Waals surface area contributed by atoms with Crippen LogP contribution in [0.4, 0.5) is 5.69 Å². The van der Waals surface area contributed by atoms with Crippen LogP contribution in [0, 0.1) is 6.92 Å². The predicted octanol–water partition coefficient (Wildman–Crippen LogP) is 5.17. The minimum atomic E-state index is 0.0878. The Labute approximate surface area is 137 Å². The van der Waals surface area contributed by atoms with Crippen molar-refractivity contribution in [3.05, 3.63) is 50.7 Å². The zero-order valence-electron chi connectivity index (χ0n) is 11.8. The minimum absolute atomic E-state index is 0.0878. The summed E-state index contributed by atoms with van der Waals surface area (Å²) in [6.45, 7) is 4.29. The fraction of sp³-hybridized carbons (Fsp3) is 0.312. The third-order valence-electron chi connectivity index (χ3n) is 4.05. The Morgan fingerprint density at radius 3 is 2.86 bits per heavy atom. The Bertz CT molecular complexity index is 705.